The topological polar surface area (TPSA) is 29.1 Å². The average Bonchev–Trinajstić information content (AvgIpc) is 2.51. The summed E-state index contributed by atoms with van der Waals surface area (Å²) in [5.41, 5.74) is 0. The molecule has 0 radical (unpaired) electrons. The van der Waals surface area contributed by atoms with Crippen molar-refractivity contribution in [1.29, 1.82) is 0 Å². The van der Waals surface area contributed by atoms with Crippen LogP contribution in [0.25, 0.3) is 0 Å². The summed E-state index contributed by atoms with van der Waals surface area (Å²) in [5.74, 6) is -0.0440. The minimum atomic E-state index is -0.0440. The summed E-state index contributed by atoms with van der Waals surface area (Å²) in [5, 5.41) is 4.58. The molecule has 0 aliphatic carbocycles. The molecule has 0 aliphatic rings. The number of halogens is 1. The number of amides is 1. The van der Waals surface area contributed by atoms with Crippen LogP contribution in [0.4, 0.5) is 0 Å². The molecule has 1 heterocycles. The average molecular weight is 204 g/mol. The van der Waals surface area contributed by atoms with Gasteiger partial charge in [-0.3, -0.25) is 4.79 Å². The molecule has 1 unspecified atom stereocenters. The van der Waals surface area contributed by atoms with E-state index in [4.69, 9.17) is 11.6 Å². The van der Waals surface area contributed by atoms with E-state index in [1.54, 1.807) is 6.07 Å². The number of carbonyl (C=O) groups is 1. The van der Waals surface area contributed by atoms with E-state index in [1.165, 1.54) is 11.3 Å². The van der Waals surface area contributed by atoms with Gasteiger partial charge in [-0.1, -0.05) is 6.07 Å². The Bertz CT molecular complexity index is 246. The lowest BCUT2D eigenvalue weighted by molar-refractivity contribution is 0.0958. The smallest absolute Gasteiger partial charge is 0.261 e. The lowest BCUT2D eigenvalue weighted by Gasteiger charge is -2.03. The standard InChI is InChI=1S/C8H10ClNOS/c1-6(9)5-10-8(11)7-3-2-4-12-7/h2-4,6H,5H2,1H3,(H,10,11). The van der Waals surface area contributed by atoms with Gasteiger partial charge in [-0.15, -0.1) is 22.9 Å². The van der Waals surface area contributed by atoms with Crippen molar-refractivity contribution in [3.63, 3.8) is 0 Å². The molecule has 0 aliphatic heterocycles. The van der Waals surface area contributed by atoms with Crippen molar-refractivity contribution in [2.45, 2.75) is 12.3 Å². The third kappa shape index (κ3) is 2.83. The molecule has 0 fully saturated rings. The van der Waals surface area contributed by atoms with E-state index in [9.17, 15) is 4.79 Å². The number of alkyl halides is 1. The van der Waals surface area contributed by atoms with Gasteiger partial charge in [-0.2, -0.15) is 0 Å². The van der Waals surface area contributed by atoms with Crippen LogP contribution < -0.4 is 5.32 Å². The van der Waals surface area contributed by atoms with Crippen molar-refractivity contribution in [1.82, 2.24) is 5.32 Å². The van der Waals surface area contributed by atoms with Crippen LogP contribution in [0.2, 0.25) is 0 Å². The quantitative estimate of drug-likeness (QED) is 0.750. The zero-order chi connectivity index (χ0) is 8.97. The van der Waals surface area contributed by atoms with Crippen LogP contribution in [-0.4, -0.2) is 17.8 Å². The molecule has 4 heteroatoms. The van der Waals surface area contributed by atoms with E-state index in [0.29, 0.717) is 6.54 Å². The van der Waals surface area contributed by atoms with Gasteiger partial charge in [0.15, 0.2) is 0 Å². The minimum Gasteiger partial charge on any atom is -0.350 e. The van der Waals surface area contributed by atoms with Gasteiger partial charge < -0.3 is 5.32 Å². The van der Waals surface area contributed by atoms with Crippen LogP contribution in [-0.2, 0) is 0 Å². The van der Waals surface area contributed by atoms with Crippen molar-refractivity contribution in [3.05, 3.63) is 22.4 Å². The van der Waals surface area contributed by atoms with Crippen molar-refractivity contribution in [2.24, 2.45) is 0 Å². The molecule has 0 saturated carbocycles. The first-order valence-electron chi connectivity index (χ1n) is 3.66. The number of carbonyl (C=O) groups excluding carboxylic acids is 1. The third-order valence-electron chi connectivity index (χ3n) is 1.29. The Morgan fingerprint density at radius 1 is 1.83 bits per heavy atom. The van der Waals surface area contributed by atoms with E-state index < -0.39 is 0 Å². The van der Waals surface area contributed by atoms with Gasteiger partial charge in [0.25, 0.3) is 5.91 Å². The lowest BCUT2D eigenvalue weighted by atomic mass is 10.4. The van der Waals surface area contributed by atoms with Gasteiger partial charge in [0.2, 0.25) is 0 Å². The Hall–Kier alpha value is -0.540. The van der Waals surface area contributed by atoms with Crippen LogP contribution >= 0.6 is 22.9 Å². The molecule has 1 atom stereocenters. The molecule has 2 nitrogen and oxygen atoms in total. The first-order chi connectivity index (χ1) is 5.70. The Balaban J connectivity index is 2.40. The van der Waals surface area contributed by atoms with Crippen LogP contribution in [0.3, 0.4) is 0 Å². The number of hydrogen-bond acceptors (Lipinski definition) is 2. The van der Waals surface area contributed by atoms with Crippen molar-refractivity contribution < 1.29 is 4.79 Å². The monoisotopic (exact) mass is 203 g/mol. The Morgan fingerprint density at radius 2 is 2.58 bits per heavy atom. The van der Waals surface area contributed by atoms with Gasteiger partial charge in [0, 0.05) is 11.9 Å². The largest absolute Gasteiger partial charge is 0.350 e. The molecular weight excluding hydrogens is 194 g/mol. The molecule has 1 aromatic rings. The van der Waals surface area contributed by atoms with Crippen LogP contribution in [0.1, 0.15) is 16.6 Å². The van der Waals surface area contributed by atoms with Gasteiger partial charge in [0.05, 0.1) is 4.88 Å². The maximum atomic E-state index is 11.3. The molecule has 0 bridgehead atoms. The van der Waals surface area contributed by atoms with E-state index >= 15 is 0 Å². The summed E-state index contributed by atoms with van der Waals surface area (Å²) in [6.07, 6.45) is 0. The van der Waals surface area contributed by atoms with E-state index in [-0.39, 0.29) is 11.3 Å². The number of rotatable bonds is 3. The SMILES string of the molecule is CC(Cl)CNC(=O)c1cccs1. The lowest BCUT2D eigenvalue weighted by Crippen LogP contribution is -2.27. The number of nitrogens with one attached hydrogen (secondary N) is 1. The fourth-order valence-corrected chi connectivity index (χ4v) is 1.45. The highest BCUT2D eigenvalue weighted by molar-refractivity contribution is 7.12. The second kappa shape index (κ2) is 4.48. The van der Waals surface area contributed by atoms with E-state index in [0.717, 1.165) is 4.88 Å². The molecular formula is C8H10ClNOS. The summed E-state index contributed by atoms with van der Waals surface area (Å²) in [4.78, 5) is 12.0. The first kappa shape index (κ1) is 9.55. The van der Waals surface area contributed by atoms with Gasteiger partial charge >= 0.3 is 0 Å². The maximum absolute atomic E-state index is 11.3. The minimum absolute atomic E-state index is 0.0195. The Labute approximate surface area is 80.5 Å². The zero-order valence-corrected chi connectivity index (χ0v) is 8.28. The number of hydrogen-bond donors (Lipinski definition) is 1. The van der Waals surface area contributed by atoms with E-state index in [1.807, 2.05) is 18.4 Å². The summed E-state index contributed by atoms with van der Waals surface area (Å²) < 4.78 is 0. The number of thiophene rings is 1. The van der Waals surface area contributed by atoms with Crippen LogP contribution in [0, 0.1) is 0 Å². The fraction of sp³-hybridized carbons (Fsp3) is 0.375. The highest BCUT2D eigenvalue weighted by Crippen LogP contribution is 2.07. The predicted molar refractivity (Wildman–Crippen MR) is 52.0 cm³/mol. The predicted octanol–water partition coefficient (Wildman–Crippen LogP) is 2.11. The van der Waals surface area contributed by atoms with Crippen molar-refractivity contribution >= 4 is 28.8 Å². The van der Waals surface area contributed by atoms with Gasteiger partial charge in [-0.05, 0) is 18.4 Å². The Kier molecular flexibility index (Phi) is 3.56. The molecule has 66 valence electrons. The van der Waals surface area contributed by atoms with E-state index in [2.05, 4.69) is 5.32 Å². The van der Waals surface area contributed by atoms with Crippen LogP contribution in [0.15, 0.2) is 17.5 Å². The summed E-state index contributed by atoms with van der Waals surface area (Å²) in [7, 11) is 0. The second-order valence-electron chi connectivity index (χ2n) is 2.47. The molecule has 1 rings (SSSR count). The highest BCUT2D eigenvalue weighted by Gasteiger charge is 2.05. The normalized spacial score (nSPS) is 12.5. The molecule has 1 aromatic heterocycles. The summed E-state index contributed by atoms with van der Waals surface area (Å²) >= 11 is 7.10. The molecule has 1 N–H and O–H groups in total. The zero-order valence-electron chi connectivity index (χ0n) is 6.71. The fourth-order valence-electron chi connectivity index (χ4n) is 0.728. The molecule has 0 spiro atoms. The molecule has 1 amide bonds. The van der Waals surface area contributed by atoms with Crippen molar-refractivity contribution in [2.75, 3.05) is 6.54 Å². The third-order valence-corrected chi connectivity index (χ3v) is 2.31. The summed E-state index contributed by atoms with van der Waals surface area (Å²) in [6, 6.07) is 3.64. The second-order valence-corrected chi connectivity index (χ2v) is 4.16. The first-order valence-corrected chi connectivity index (χ1v) is 4.97. The molecule has 0 aromatic carbocycles. The summed E-state index contributed by atoms with van der Waals surface area (Å²) in [6.45, 7) is 2.36. The van der Waals surface area contributed by atoms with Gasteiger partial charge in [-0.25, -0.2) is 0 Å². The molecule has 12 heavy (non-hydrogen) atoms. The highest BCUT2D eigenvalue weighted by atomic mass is 35.5. The van der Waals surface area contributed by atoms with Crippen molar-refractivity contribution in [3.8, 4) is 0 Å². The van der Waals surface area contributed by atoms with Crippen LogP contribution in [0.5, 0.6) is 0 Å². The molecule has 0 saturated heterocycles. The Morgan fingerprint density at radius 3 is 3.08 bits per heavy atom. The maximum Gasteiger partial charge on any atom is 0.261 e. The van der Waals surface area contributed by atoms with Gasteiger partial charge in [0.1, 0.15) is 0 Å².